The Labute approximate surface area is 195 Å². The molecule has 1 aromatic heterocycles. The molecule has 4 aromatic rings. The molecule has 0 bridgehead atoms. The van der Waals surface area contributed by atoms with Gasteiger partial charge in [-0.25, -0.2) is 4.98 Å². The number of thiazole rings is 1. The summed E-state index contributed by atoms with van der Waals surface area (Å²) in [5.41, 5.74) is 4.53. The number of carbonyl (C=O) groups is 2. The molecule has 1 atom stereocenters. The van der Waals surface area contributed by atoms with Gasteiger partial charge in [-0.1, -0.05) is 59.3 Å². The van der Waals surface area contributed by atoms with E-state index in [1.54, 1.807) is 0 Å². The van der Waals surface area contributed by atoms with Gasteiger partial charge in [0.1, 0.15) is 0 Å². The molecule has 0 saturated heterocycles. The zero-order chi connectivity index (χ0) is 22.5. The van der Waals surface area contributed by atoms with Crippen molar-refractivity contribution in [2.45, 2.75) is 29.9 Å². The molecule has 7 heteroatoms. The second kappa shape index (κ2) is 9.97. The molecule has 0 spiro atoms. The van der Waals surface area contributed by atoms with E-state index in [-0.39, 0.29) is 18.2 Å². The molecule has 1 heterocycles. The third-order valence-corrected chi connectivity index (χ3v) is 7.16. The summed E-state index contributed by atoms with van der Waals surface area (Å²) < 4.78 is 1.81. The van der Waals surface area contributed by atoms with Crippen molar-refractivity contribution in [3.8, 4) is 0 Å². The number of para-hydroxylation sites is 1. The number of fused-ring (bicyclic) bond motifs is 1. The van der Waals surface area contributed by atoms with Crippen LogP contribution in [0.15, 0.2) is 77.1 Å². The van der Waals surface area contributed by atoms with Gasteiger partial charge >= 0.3 is 0 Å². The fourth-order valence-electron chi connectivity index (χ4n) is 3.09. The Bertz CT molecular complexity index is 1200. The lowest BCUT2D eigenvalue weighted by Crippen LogP contribution is -2.29. The topological polar surface area (TPSA) is 71.1 Å². The Balaban J connectivity index is 1.51. The number of rotatable bonds is 7. The Kier molecular flexibility index (Phi) is 6.87. The molecule has 162 valence electrons. The second-order valence-corrected chi connectivity index (χ2v) is 10.0. The number of hydrogen-bond acceptors (Lipinski definition) is 5. The van der Waals surface area contributed by atoms with Gasteiger partial charge in [-0.3, -0.25) is 9.59 Å². The molecule has 0 aliphatic heterocycles. The van der Waals surface area contributed by atoms with Crippen LogP contribution in [0, 0.1) is 13.8 Å². The minimum absolute atomic E-state index is 0.0339. The van der Waals surface area contributed by atoms with Gasteiger partial charge in [0.2, 0.25) is 11.8 Å². The van der Waals surface area contributed by atoms with Gasteiger partial charge in [-0.2, -0.15) is 0 Å². The first kappa shape index (κ1) is 22.0. The van der Waals surface area contributed by atoms with Crippen LogP contribution in [0.1, 0.15) is 17.5 Å². The van der Waals surface area contributed by atoms with Crippen LogP contribution in [-0.2, 0) is 9.59 Å². The summed E-state index contributed by atoms with van der Waals surface area (Å²) in [6.45, 7) is 3.98. The first-order chi connectivity index (χ1) is 15.5. The third kappa shape index (κ3) is 5.75. The van der Waals surface area contributed by atoms with Gasteiger partial charge in [0.25, 0.3) is 0 Å². The number of amides is 2. The standard InChI is InChI=1S/C25H23N3O2S2/c1-16-7-11-18(12-8-16)26-23(29)15-22(24(30)27-19-13-9-17(2)10-14-19)32-25-28-20-5-3-4-6-21(20)31-25/h3-14,22H,15H2,1-2H3,(H,26,29)(H,27,30). The molecule has 5 nitrogen and oxygen atoms in total. The van der Waals surface area contributed by atoms with E-state index in [1.165, 1.54) is 23.1 Å². The highest BCUT2D eigenvalue weighted by Crippen LogP contribution is 2.33. The maximum Gasteiger partial charge on any atom is 0.238 e. The number of nitrogens with one attached hydrogen (secondary N) is 2. The van der Waals surface area contributed by atoms with E-state index in [1.807, 2.05) is 86.6 Å². The molecule has 0 aliphatic rings. The van der Waals surface area contributed by atoms with Crippen molar-refractivity contribution < 1.29 is 9.59 Å². The molecule has 2 amide bonds. The van der Waals surface area contributed by atoms with Crippen LogP contribution >= 0.6 is 23.1 Å². The number of aryl methyl sites for hydroxylation is 2. The monoisotopic (exact) mass is 461 g/mol. The van der Waals surface area contributed by atoms with Gasteiger partial charge in [-0.15, -0.1) is 11.3 Å². The minimum Gasteiger partial charge on any atom is -0.326 e. The van der Waals surface area contributed by atoms with Gasteiger partial charge < -0.3 is 10.6 Å². The Morgan fingerprint density at radius 2 is 1.47 bits per heavy atom. The Hall–Kier alpha value is -3.16. The molecule has 3 aromatic carbocycles. The fraction of sp³-hybridized carbons (Fsp3) is 0.160. The maximum absolute atomic E-state index is 13.1. The second-order valence-electron chi connectivity index (χ2n) is 7.53. The van der Waals surface area contributed by atoms with E-state index in [9.17, 15) is 9.59 Å². The summed E-state index contributed by atoms with van der Waals surface area (Å²) in [6.07, 6.45) is 0.0339. The highest BCUT2D eigenvalue weighted by Gasteiger charge is 2.25. The van der Waals surface area contributed by atoms with Gasteiger partial charge in [0.15, 0.2) is 4.34 Å². The third-order valence-electron chi connectivity index (χ3n) is 4.83. The largest absolute Gasteiger partial charge is 0.326 e. The molecule has 0 radical (unpaired) electrons. The van der Waals surface area contributed by atoms with E-state index in [0.717, 1.165) is 25.7 Å². The lowest BCUT2D eigenvalue weighted by Gasteiger charge is -2.15. The molecule has 4 rings (SSSR count). The van der Waals surface area contributed by atoms with Gasteiger partial charge in [0, 0.05) is 17.8 Å². The van der Waals surface area contributed by atoms with Crippen LogP contribution in [0.2, 0.25) is 0 Å². The Morgan fingerprint density at radius 3 is 2.09 bits per heavy atom. The van der Waals surface area contributed by atoms with Crippen molar-refractivity contribution in [1.29, 1.82) is 0 Å². The fourth-order valence-corrected chi connectivity index (χ4v) is 5.39. The number of anilines is 2. The van der Waals surface area contributed by atoms with Crippen LogP contribution in [0.5, 0.6) is 0 Å². The SMILES string of the molecule is Cc1ccc(NC(=O)CC(Sc2nc3ccccc3s2)C(=O)Nc2ccc(C)cc2)cc1. The molecule has 0 aliphatic carbocycles. The number of hydrogen-bond donors (Lipinski definition) is 2. The van der Waals surface area contributed by atoms with Crippen molar-refractivity contribution in [3.63, 3.8) is 0 Å². The van der Waals surface area contributed by atoms with Crippen LogP contribution in [-0.4, -0.2) is 22.0 Å². The van der Waals surface area contributed by atoms with Gasteiger partial charge in [-0.05, 0) is 50.2 Å². The number of aromatic nitrogens is 1. The van der Waals surface area contributed by atoms with Crippen LogP contribution in [0.3, 0.4) is 0 Å². The maximum atomic E-state index is 13.1. The van der Waals surface area contributed by atoms with Crippen LogP contribution in [0.4, 0.5) is 11.4 Å². The van der Waals surface area contributed by atoms with Crippen molar-refractivity contribution in [3.05, 3.63) is 83.9 Å². The highest BCUT2D eigenvalue weighted by atomic mass is 32.2. The Morgan fingerprint density at radius 1 is 0.875 bits per heavy atom. The molecular formula is C25H23N3O2S2. The van der Waals surface area contributed by atoms with Gasteiger partial charge in [0.05, 0.1) is 15.5 Å². The summed E-state index contributed by atoms with van der Waals surface area (Å²) >= 11 is 2.84. The smallest absolute Gasteiger partial charge is 0.238 e. The first-order valence-electron chi connectivity index (χ1n) is 10.2. The average Bonchev–Trinajstić information content (AvgIpc) is 3.19. The summed E-state index contributed by atoms with van der Waals surface area (Å²) in [7, 11) is 0. The van der Waals surface area contributed by atoms with Crippen LogP contribution < -0.4 is 10.6 Å². The summed E-state index contributed by atoms with van der Waals surface area (Å²) in [5, 5.41) is 5.20. The highest BCUT2D eigenvalue weighted by molar-refractivity contribution is 8.02. The summed E-state index contributed by atoms with van der Waals surface area (Å²) in [5.74, 6) is -0.441. The predicted octanol–water partition coefficient (Wildman–Crippen LogP) is 6.04. The van der Waals surface area contributed by atoms with Crippen molar-refractivity contribution >= 4 is 56.5 Å². The van der Waals surface area contributed by atoms with Crippen molar-refractivity contribution in [2.24, 2.45) is 0 Å². The lowest BCUT2D eigenvalue weighted by atomic mass is 10.2. The number of benzene rings is 3. The van der Waals surface area contributed by atoms with Crippen molar-refractivity contribution in [1.82, 2.24) is 4.98 Å². The minimum atomic E-state index is -0.623. The summed E-state index contributed by atoms with van der Waals surface area (Å²) in [6, 6.07) is 23.0. The zero-order valence-electron chi connectivity index (χ0n) is 17.8. The molecular weight excluding hydrogens is 438 g/mol. The van der Waals surface area contributed by atoms with E-state index in [0.29, 0.717) is 11.4 Å². The van der Waals surface area contributed by atoms with Crippen molar-refractivity contribution in [2.75, 3.05) is 10.6 Å². The lowest BCUT2D eigenvalue weighted by molar-refractivity contribution is -0.120. The quantitative estimate of drug-likeness (QED) is 0.329. The molecule has 2 N–H and O–H groups in total. The molecule has 1 unspecified atom stereocenters. The van der Waals surface area contributed by atoms with E-state index >= 15 is 0 Å². The molecule has 32 heavy (non-hydrogen) atoms. The zero-order valence-corrected chi connectivity index (χ0v) is 19.4. The molecule has 0 saturated carbocycles. The summed E-state index contributed by atoms with van der Waals surface area (Å²) in [4.78, 5) is 30.5. The van der Waals surface area contributed by atoms with E-state index < -0.39 is 5.25 Å². The molecule has 0 fully saturated rings. The normalized spacial score (nSPS) is 11.8. The predicted molar refractivity (Wildman–Crippen MR) is 133 cm³/mol. The average molecular weight is 462 g/mol. The van der Waals surface area contributed by atoms with Crippen LogP contribution in [0.25, 0.3) is 10.2 Å². The first-order valence-corrected chi connectivity index (χ1v) is 11.9. The number of thioether (sulfide) groups is 1. The number of nitrogens with zero attached hydrogens (tertiary/aromatic N) is 1. The van der Waals surface area contributed by atoms with E-state index in [4.69, 9.17) is 0 Å². The number of carbonyl (C=O) groups excluding carboxylic acids is 2. The van der Waals surface area contributed by atoms with E-state index in [2.05, 4.69) is 15.6 Å².